The number of esters is 1. The summed E-state index contributed by atoms with van der Waals surface area (Å²) in [6.45, 7) is 1.38. The summed E-state index contributed by atoms with van der Waals surface area (Å²) in [6.07, 6.45) is 0. The van der Waals surface area contributed by atoms with Crippen molar-refractivity contribution in [3.63, 3.8) is 0 Å². The van der Waals surface area contributed by atoms with E-state index in [2.05, 4.69) is 22.8 Å². The van der Waals surface area contributed by atoms with Gasteiger partial charge in [0.25, 0.3) is 0 Å². The molecule has 0 atom stereocenters. The Morgan fingerprint density at radius 3 is 2.52 bits per heavy atom. The van der Waals surface area contributed by atoms with E-state index >= 15 is 0 Å². The predicted octanol–water partition coefficient (Wildman–Crippen LogP) is 3.74. The molecule has 0 N–H and O–H groups in total. The Balaban J connectivity index is 2.15. The van der Waals surface area contributed by atoms with Gasteiger partial charge in [-0.05, 0) is 29.8 Å². The van der Waals surface area contributed by atoms with E-state index in [1.54, 1.807) is 13.2 Å². The van der Waals surface area contributed by atoms with Crippen LogP contribution in [0.15, 0.2) is 54.6 Å². The zero-order chi connectivity index (χ0) is 16.2. The first-order chi connectivity index (χ1) is 11.2. The topological polar surface area (TPSA) is 40.5 Å². The number of benzene rings is 2. The smallest absolute Gasteiger partial charge is 0.337 e. The molecule has 1 heterocycles. The fourth-order valence-corrected chi connectivity index (χ4v) is 2.79. The van der Waals surface area contributed by atoms with Crippen molar-refractivity contribution in [2.75, 3.05) is 20.8 Å². The Labute approximate surface area is 135 Å². The summed E-state index contributed by atoms with van der Waals surface area (Å²) in [5.41, 5.74) is 3.89. The van der Waals surface area contributed by atoms with Crippen molar-refractivity contribution in [1.82, 2.24) is 4.57 Å². The number of carbonyl (C=O) groups excluding carboxylic acids is 1. The van der Waals surface area contributed by atoms with E-state index in [4.69, 9.17) is 9.47 Å². The number of ether oxygens (including phenoxy) is 2. The van der Waals surface area contributed by atoms with Crippen LogP contribution < -0.4 is 0 Å². The first kappa shape index (κ1) is 15.3. The number of aromatic nitrogens is 1. The van der Waals surface area contributed by atoms with Crippen LogP contribution >= 0.6 is 0 Å². The van der Waals surface area contributed by atoms with E-state index in [9.17, 15) is 4.79 Å². The molecule has 0 aliphatic heterocycles. The number of rotatable bonds is 5. The average Bonchev–Trinajstić information content (AvgIpc) is 2.97. The van der Waals surface area contributed by atoms with Gasteiger partial charge in [0.15, 0.2) is 0 Å². The largest absolute Gasteiger partial charge is 0.465 e. The molecule has 4 heteroatoms. The highest BCUT2D eigenvalue weighted by atomic mass is 16.5. The second-order valence-electron chi connectivity index (χ2n) is 5.31. The number of methoxy groups -OCH3 is 2. The van der Waals surface area contributed by atoms with Crippen molar-refractivity contribution in [3.8, 4) is 11.3 Å². The molecule has 3 rings (SSSR count). The lowest BCUT2D eigenvalue weighted by molar-refractivity contribution is 0.0601. The molecule has 0 aliphatic carbocycles. The van der Waals surface area contributed by atoms with Crippen molar-refractivity contribution in [1.29, 1.82) is 0 Å². The Morgan fingerprint density at radius 2 is 1.83 bits per heavy atom. The Bertz CT molecular complexity index is 821. The van der Waals surface area contributed by atoms with Crippen LogP contribution in [0.25, 0.3) is 22.2 Å². The van der Waals surface area contributed by atoms with Crippen molar-refractivity contribution in [2.45, 2.75) is 6.54 Å². The summed E-state index contributed by atoms with van der Waals surface area (Å²) in [7, 11) is 3.09. The minimum atomic E-state index is -0.321. The highest BCUT2D eigenvalue weighted by Gasteiger charge is 2.13. The first-order valence-electron chi connectivity index (χ1n) is 7.50. The molecule has 0 amide bonds. The van der Waals surface area contributed by atoms with Gasteiger partial charge in [-0.1, -0.05) is 30.3 Å². The molecule has 118 valence electrons. The van der Waals surface area contributed by atoms with Gasteiger partial charge in [-0.2, -0.15) is 0 Å². The van der Waals surface area contributed by atoms with Gasteiger partial charge in [0.1, 0.15) is 0 Å². The molecule has 23 heavy (non-hydrogen) atoms. The van der Waals surface area contributed by atoms with E-state index in [0.29, 0.717) is 12.2 Å². The molecule has 0 unspecified atom stereocenters. The molecule has 0 saturated heterocycles. The summed E-state index contributed by atoms with van der Waals surface area (Å²) in [5, 5.41) is 1.02. The van der Waals surface area contributed by atoms with E-state index in [1.165, 1.54) is 7.11 Å². The van der Waals surface area contributed by atoms with Gasteiger partial charge in [0.05, 0.1) is 19.3 Å². The van der Waals surface area contributed by atoms with Crippen LogP contribution in [0.1, 0.15) is 10.4 Å². The molecule has 2 aromatic carbocycles. The molecule has 0 saturated carbocycles. The summed E-state index contributed by atoms with van der Waals surface area (Å²) in [5.74, 6) is -0.321. The number of carbonyl (C=O) groups is 1. The van der Waals surface area contributed by atoms with Gasteiger partial charge in [-0.15, -0.1) is 0 Å². The fourth-order valence-electron chi connectivity index (χ4n) is 2.79. The number of nitrogens with zero attached hydrogens (tertiary/aromatic N) is 1. The number of fused-ring (bicyclic) bond motifs is 1. The van der Waals surface area contributed by atoms with E-state index in [1.807, 2.05) is 30.3 Å². The normalized spacial score (nSPS) is 10.9. The number of hydrogen-bond acceptors (Lipinski definition) is 3. The minimum absolute atomic E-state index is 0.321. The maximum atomic E-state index is 11.7. The monoisotopic (exact) mass is 309 g/mol. The molecule has 0 fully saturated rings. The van der Waals surface area contributed by atoms with E-state index < -0.39 is 0 Å². The van der Waals surface area contributed by atoms with Crippen LogP contribution in [0.2, 0.25) is 0 Å². The molecule has 1 aromatic heterocycles. The van der Waals surface area contributed by atoms with E-state index in [0.717, 1.165) is 28.7 Å². The van der Waals surface area contributed by atoms with Crippen LogP contribution in [0.3, 0.4) is 0 Å². The first-order valence-corrected chi connectivity index (χ1v) is 7.50. The highest BCUT2D eigenvalue weighted by molar-refractivity contribution is 5.96. The third kappa shape index (κ3) is 2.98. The van der Waals surface area contributed by atoms with Gasteiger partial charge in [0.2, 0.25) is 0 Å². The van der Waals surface area contributed by atoms with Crippen molar-refractivity contribution in [2.24, 2.45) is 0 Å². The maximum Gasteiger partial charge on any atom is 0.337 e. The van der Waals surface area contributed by atoms with Crippen LogP contribution in [0.5, 0.6) is 0 Å². The van der Waals surface area contributed by atoms with Gasteiger partial charge >= 0.3 is 5.97 Å². The van der Waals surface area contributed by atoms with Crippen molar-refractivity contribution < 1.29 is 14.3 Å². The molecule has 0 bridgehead atoms. The molecule has 0 spiro atoms. The molecular weight excluding hydrogens is 290 g/mol. The Hall–Kier alpha value is -2.59. The molecular formula is C19H19NO3. The quantitative estimate of drug-likeness (QED) is 0.674. The zero-order valence-corrected chi connectivity index (χ0v) is 13.3. The lowest BCUT2D eigenvalue weighted by Gasteiger charge is -2.10. The van der Waals surface area contributed by atoms with Crippen molar-refractivity contribution in [3.05, 3.63) is 60.2 Å². The summed E-state index contributed by atoms with van der Waals surface area (Å²) < 4.78 is 12.3. The molecule has 0 radical (unpaired) electrons. The number of hydrogen-bond donors (Lipinski definition) is 0. The maximum absolute atomic E-state index is 11.7. The predicted molar refractivity (Wildman–Crippen MR) is 90.6 cm³/mol. The summed E-state index contributed by atoms with van der Waals surface area (Å²) in [6, 6.07) is 17.9. The van der Waals surface area contributed by atoms with Gasteiger partial charge in [0, 0.05) is 30.3 Å². The Kier molecular flexibility index (Phi) is 4.44. The van der Waals surface area contributed by atoms with Crippen LogP contribution in [0, 0.1) is 0 Å². The molecule has 0 aliphatic rings. The third-order valence-corrected chi connectivity index (χ3v) is 3.91. The molecule has 3 aromatic rings. The van der Waals surface area contributed by atoms with Gasteiger partial charge in [-0.3, -0.25) is 0 Å². The second kappa shape index (κ2) is 6.67. The van der Waals surface area contributed by atoms with E-state index in [-0.39, 0.29) is 5.97 Å². The highest BCUT2D eigenvalue weighted by Crippen LogP contribution is 2.29. The standard InChI is InChI=1S/C19H19NO3/c1-22-11-10-20-17-9-8-15(19(21)23-2)12-16(17)13-18(20)14-6-4-3-5-7-14/h3-9,12-13H,10-11H2,1-2H3. The zero-order valence-electron chi connectivity index (χ0n) is 13.3. The van der Waals surface area contributed by atoms with Gasteiger partial charge < -0.3 is 14.0 Å². The average molecular weight is 309 g/mol. The molecule has 4 nitrogen and oxygen atoms in total. The van der Waals surface area contributed by atoms with Crippen LogP contribution in [0.4, 0.5) is 0 Å². The van der Waals surface area contributed by atoms with Crippen LogP contribution in [-0.4, -0.2) is 31.4 Å². The summed E-state index contributed by atoms with van der Waals surface area (Å²) in [4.78, 5) is 11.7. The van der Waals surface area contributed by atoms with Gasteiger partial charge in [-0.25, -0.2) is 4.79 Å². The third-order valence-electron chi connectivity index (χ3n) is 3.91. The lowest BCUT2D eigenvalue weighted by Crippen LogP contribution is -2.06. The van der Waals surface area contributed by atoms with Crippen molar-refractivity contribution >= 4 is 16.9 Å². The SMILES string of the molecule is COCCn1c(-c2ccccc2)cc2cc(C(=O)OC)ccc21. The second-order valence-corrected chi connectivity index (χ2v) is 5.31. The Morgan fingerprint density at radius 1 is 1.04 bits per heavy atom. The summed E-state index contributed by atoms with van der Waals surface area (Å²) >= 11 is 0. The minimum Gasteiger partial charge on any atom is -0.465 e. The lowest BCUT2D eigenvalue weighted by atomic mass is 10.1. The van der Waals surface area contributed by atoms with Crippen LogP contribution in [-0.2, 0) is 16.0 Å². The fraction of sp³-hybridized carbons (Fsp3) is 0.211.